The Morgan fingerprint density at radius 2 is 2.18 bits per heavy atom. The Morgan fingerprint density at radius 1 is 1.55 bits per heavy atom. The first kappa shape index (κ1) is 10.2. The molecule has 0 atom stereocenters. The molecule has 5 heteroatoms. The SMILES string of the molecule is Cl.O=C(Cl)c1cc(=O)cc[nH]1. The summed E-state index contributed by atoms with van der Waals surface area (Å²) in [7, 11) is 0. The highest BCUT2D eigenvalue weighted by Gasteiger charge is 1.99. The molecule has 0 bridgehead atoms. The van der Waals surface area contributed by atoms with E-state index in [9.17, 15) is 9.59 Å². The lowest BCUT2D eigenvalue weighted by atomic mass is 10.4. The normalized spacial score (nSPS) is 8.45. The Balaban J connectivity index is 0.000001000. The van der Waals surface area contributed by atoms with Gasteiger partial charge in [0.15, 0.2) is 5.43 Å². The number of hydrogen-bond acceptors (Lipinski definition) is 2. The first-order chi connectivity index (χ1) is 4.70. The molecular formula is C6H5Cl2NO2. The van der Waals surface area contributed by atoms with Crippen LogP contribution in [0.1, 0.15) is 10.5 Å². The summed E-state index contributed by atoms with van der Waals surface area (Å²) in [6, 6.07) is 2.46. The topological polar surface area (TPSA) is 49.9 Å². The maximum Gasteiger partial charge on any atom is 0.268 e. The van der Waals surface area contributed by atoms with Crippen LogP contribution < -0.4 is 5.43 Å². The van der Waals surface area contributed by atoms with E-state index in [0.29, 0.717) is 0 Å². The van der Waals surface area contributed by atoms with Crippen molar-refractivity contribution in [3.63, 3.8) is 0 Å². The monoisotopic (exact) mass is 193 g/mol. The third-order valence-electron chi connectivity index (χ3n) is 0.985. The molecule has 11 heavy (non-hydrogen) atoms. The van der Waals surface area contributed by atoms with Crippen LogP contribution in [0.2, 0.25) is 0 Å². The van der Waals surface area contributed by atoms with E-state index >= 15 is 0 Å². The highest BCUT2D eigenvalue weighted by atomic mass is 35.5. The first-order valence-corrected chi connectivity index (χ1v) is 2.96. The molecule has 0 saturated carbocycles. The Labute approximate surface area is 73.8 Å². The molecule has 1 N–H and O–H groups in total. The molecular weight excluding hydrogens is 189 g/mol. The quantitative estimate of drug-likeness (QED) is 0.682. The van der Waals surface area contributed by atoms with Crippen LogP contribution in [0.3, 0.4) is 0 Å². The van der Waals surface area contributed by atoms with Gasteiger partial charge in [-0.25, -0.2) is 0 Å². The number of aromatic amines is 1. The maximum absolute atomic E-state index is 10.6. The predicted molar refractivity (Wildman–Crippen MR) is 44.5 cm³/mol. The minimum Gasteiger partial charge on any atom is -0.357 e. The molecule has 0 saturated heterocycles. The van der Waals surface area contributed by atoms with Crippen LogP contribution in [0, 0.1) is 0 Å². The minimum absolute atomic E-state index is 0. The van der Waals surface area contributed by atoms with Gasteiger partial charge in [-0.2, -0.15) is 0 Å². The van der Waals surface area contributed by atoms with Gasteiger partial charge in [0.1, 0.15) is 5.69 Å². The summed E-state index contributed by atoms with van der Waals surface area (Å²) in [6.07, 6.45) is 1.37. The smallest absolute Gasteiger partial charge is 0.268 e. The summed E-state index contributed by atoms with van der Waals surface area (Å²) >= 11 is 5.07. The van der Waals surface area contributed by atoms with E-state index in [-0.39, 0.29) is 23.5 Å². The molecule has 1 rings (SSSR count). The van der Waals surface area contributed by atoms with E-state index in [1.54, 1.807) is 0 Å². The van der Waals surface area contributed by atoms with Crippen molar-refractivity contribution in [2.75, 3.05) is 0 Å². The van der Waals surface area contributed by atoms with E-state index in [1.807, 2.05) is 0 Å². The van der Waals surface area contributed by atoms with Crippen molar-refractivity contribution < 1.29 is 4.79 Å². The Bertz CT molecular complexity index is 307. The summed E-state index contributed by atoms with van der Waals surface area (Å²) in [5.41, 5.74) is -0.114. The van der Waals surface area contributed by atoms with Gasteiger partial charge in [0.05, 0.1) is 0 Å². The van der Waals surface area contributed by atoms with E-state index in [4.69, 9.17) is 11.6 Å². The van der Waals surface area contributed by atoms with Gasteiger partial charge in [-0.05, 0) is 11.6 Å². The van der Waals surface area contributed by atoms with E-state index < -0.39 is 5.24 Å². The second-order valence-electron chi connectivity index (χ2n) is 1.71. The first-order valence-electron chi connectivity index (χ1n) is 2.59. The average Bonchev–Trinajstić information content (AvgIpc) is 1.88. The second kappa shape index (κ2) is 4.16. The molecule has 0 aliphatic heterocycles. The second-order valence-corrected chi connectivity index (χ2v) is 2.06. The maximum atomic E-state index is 10.6. The molecule has 1 aromatic heterocycles. The molecule has 0 unspecified atom stereocenters. The molecule has 1 heterocycles. The van der Waals surface area contributed by atoms with Gasteiger partial charge in [-0.1, -0.05) is 0 Å². The third kappa shape index (κ3) is 2.74. The molecule has 0 spiro atoms. The van der Waals surface area contributed by atoms with Gasteiger partial charge in [-0.15, -0.1) is 12.4 Å². The van der Waals surface area contributed by atoms with Gasteiger partial charge in [-0.3, -0.25) is 9.59 Å². The molecule has 3 nitrogen and oxygen atoms in total. The average molecular weight is 194 g/mol. The van der Waals surface area contributed by atoms with Crippen molar-refractivity contribution in [1.82, 2.24) is 4.98 Å². The molecule has 0 aliphatic rings. The zero-order valence-corrected chi connectivity index (χ0v) is 6.91. The fourth-order valence-electron chi connectivity index (χ4n) is 0.559. The van der Waals surface area contributed by atoms with E-state index in [2.05, 4.69) is 4.98 Å². The zero-order chi connectivity index (χ0) is 7.56. The van der Waals surface area contributed by atoms with Crippen molar-refractivity contribution in [1.29, 1.82) is 0 Å². The van der Waals surface area contributed by atoms with Crippen LogP contribution in [0.5, 0.6) is 0 Å². The number of carbonyl (C=O) groups is 1. The van der Waals surface area contributed by atoms with Gasteiger partial charge in [0, 0.05) is 18.3 Å². The lowest BCUT2D eigenvalue weighted by Crippen LogP contribution is -2.02. The van der Waals surface area contributed by atoms with Crippen molar-refractivity contribution in [2.24, 2.45) is 0 Å². The third-order valence-corrected chi connectivity index (χ3v) is 1.19. The zero-order valence-electron chi connectivity index (χ0n) is 5.33. The number of nitrogens with one attached hydrogen (secondary N) is 1. The molecule has 1 aromatic rings. The van der Waals surface area contributed by atoms with Crippen LogP contribution in [-0.2, 0) is 0 Å². The van der Waals surface area contributed by atoms with Crippen LogP contribution in [0.4, 0.5) is 0 Å². The summed E-state index contributed by atoms with van der Waals surface area (Å²) in [5.74, 6) is 0. The number of H-pyrrole nitrogens is 1. The van der Waals surface area contributed by atoms with Crippen LogP contribution in [-0.4, -0.2) is 10.2 Å². The van der Waals surface area contributed by atoms with Gasteiger partial charge in [0.2, 0.25) is 0 Å². The number of halogens is 2. The summed E-state index contributed by atoms with van der Waals surface area (Å²) in [6.45, 7) is 0. The van der Waals surface area contributed by atoms with Crippen LogP contribution in [0.25, 0.3) is 0 Å². The number of hydrogen-bond donors (Lipinski definition) is 1. The van der Waals surface area contributed by atoms with Gasteiger partial charge < -0.3 is 4.98 Å². The number of rotatable bonds is 1. The van der Waals surface area contributed by atoms with E-state index in [1.165, 1.54) is 12.3 Å². The van der Waals surface area contributed by atoms with Gasteiger partial charge in [0.25, 0.3) is 5.24 Å². The summed E-state index contributed by atoms with van der Waals surface area (Å²) < 4.78 is 0. The minimum atomic E-state index is -0.655. The summed E-state index contributed by atoms with van der Waals surface area (Å²) in [4.78, 5) is 23.5. The number of carbonyl (C=O) groups excluding carboxylic acids is 1. The van der Waals surface area contributed by atoms with Crippen molar-refractivity contribution >= 4 is 29.3 Å². The van der Waals surface area contributed by atoms with Crippen LogP contribution >= 0.6 is 24.0 Å². The molecule has 0 amide bonds. The Hall–Kier alpha value is -0.800. The molecule has 0 radical (unpaired) electrons. The molecule has 0 aliphatic carbocycles. The fourth-order valence-corrected chi connectivity index (χ4v) is 0.668. The van der Waals surface area contributed by atoms with Crippen LogP contribution in [0.15, 0.2) is 23.1 Å². The molecule has 0 fully saturated rings. The number of pyridine rings is 1. The standard InChI is InChI=1S/C6H4ClNO2.ClH/c7-6(10)5-3-4(9)1-2-8-5;/h1-3H,(H,8,9);1H. The van der Waals surface area contributed by atoms with Crippen molar-refractivity contribution in [3.05, 3.63) is 34.2 Å². The lowest BCUT2D eigenvalue weighted by Gasteiger charge is -1.88. The predicted octanol–water partition coefficient (Wildman–Crippen LogP) is 1.18. The largest absolute Gasteiger partial charge is 0.357 e. The highest BCUT2D eigenvalue weighted by Crippen LogP contribution is 1.93. The van der Waals surface area contributed by atoms with Crippen molar-refractivity contribution in [3.8, 4) is 0 Å². The van der Waals surface area contributed by atoms with Gasteiger partial charge >= 0.3 is 0 Å². The molecule has 0 aromatic carbocycles. The Kier molecular flexibility index (Phi) is 3.85. The van der Waals surface area contributed by atoms with Crippen molar-refractivity contribution in [2.45, 2.75) is 0 Å². The fraction of sp³-hybridized carbons (Fsp3) is 0. The van der Waals surface area contributed by atoms with E-state index in [0.717, 1.165) is 6.07 Å². The highest BCUT2D eigenvalue weighted by molar-refractivity contribution is 6.67. The lowest BCUT2D eigenvalue weighted by molar-refractivity contribution is 0.107. The molecule has 60 valence electrons. The Morgan fingerprint density at radius 3 is 2.55 bits per heavy atom. The number of aromatic nitrogens is 1. The summed E-state index contributed by atoms with van der Waals surface area (Å²) in [5, 5.41) is -0.655.